The van der Waals surface area contributed by atoms with Crippen LogP contribution in [0.15, 0.2) is 5.38 Å². The lowest BCUT2D eigenvalue weighted by Gasteiger charge is -1.83. The Hall–Kier alpha value is -0.0200. The minimum absolute atomic E-state index is 0.000000000000000222. The Morgan fingerprint density at radius 1 is 1.44 bits per heavy atom. The number of hydrogen-bond donors (Lipinski definition) is 0. The van der Waals surface area contributed by atoms with E-state index in [0.717, 1.165) is 17.1 Å². The van der Waals surface area contributed by atoms with Crippen molar-refractivity contribution in [1.82, 2.24) is 0 Å². The van der Waals surface area contributed by atoms with Crippen molar-refractivity contribution in [1.29, 1.82) is 0 Å². The lowest BCUT2D eigenvalue weighted by molar-refractivity contribution is 0.623. The van der Waals surface area contributed by atoms with Crippen LogP contribution in [0.25, 0.3) is 0 Å². The van der Waals surface area contributed by atoms with Gasteiger partial charge in [0.1, 0.15) is 5.82 Å². The third-order valence-electron chi connectivity index (χ3n) is 1.41. The van der Waals surface area contributed by atoms with E-state index in [1.165, 1.54) is 4.88 Å². The predicted molar refractivity (Wildman–Crippen MR) is 39.3 cm³/mol. The van der Waals surface area contributed by atoms with Crippen molar-refractivity contribution < 1.29 is 4.39 Å². The van der Waals surface area contributed by atoms with Crippen molar-refractivity contribution in [2.24, 2.45) is 0 Å². The number of rotatable bonds is 0. The maximum absolute atomic E-state index is 12.6. The molecule has 0 atom stereocenters. The van der Waals surface area contributed by atoms with E-state index in [1.807, 2.05) is 0 Å². The van der Waals surface area contributed by atoms with E-state index in [-0.39, 0.29) is 5.82 Å². The lowest BCUT2D eigenvalue weighted by atomic mass is 10.3. The van der Waals surface area contributed by atoms with E-state index in [2.05, 4.69) is 0 Å². The Balaban J connectivity index is 2.56. The summed E-state index contributed by atoms with van der Waals surface area (Å²) < 4.78 is 12.6. The van der Waals surface area contributed by atoms with E-state index in [1.54, 1.807) is 28.5 Å². The molecule has 48 valence electrons. The minimum atomic E-state index is 0.000000000000000222. The summed E-state index contributed by atoms with van der Waals surface area (Å²) in [5.74, 6) is 1.90. The Morgan fingerprint density at radius 3 is 3.11 bits per heavy atom. The normalized spacial score (nSPS) is 16.1. The van der Waals surface area contributed by atoms with Gasteiger partial charge < -0.3 is 0 Å². The Morgan fingerprint density at radius 2 is 2.33 bits per heavy atom. The molecule has 0 amide bonds. The molecule has 1 aliphatic heterocycles. The van der Waals surface area contributed by atoms with Crippen LogP contribution in [-0.4, -0.2) is 0 Å². The van der Waals surface area contributed by atoms with Crippen molar-refractivity contribution in [3.05, 3.63) is 21.6 Å². The zero-order chi connectivity index (χ0) is 6.27. The summed E-state index contributed by atoms with van der Waals surface area (Å²) in [6.07, 6.45) is 0. The predicted octanol–water partition coefficient (Wildman–Crippen LogP) is 2.63. The van der Waals surface area contributed by atoms with Crippen LogP contribution in [-0.2, 0) is 11.5 Å². The Kier molecular flexibility index (Phi) is 1.27. The van der Waals surface area contributed by atoms with Gasteiger partial charge >= 0.3 is 0 Å². The summed E-state index contributed by atoms with van der Waals surface area (Å²) in [5, 5.41) is 1.60. The SMILES string of the molecule is Fc1csc2c1CSC2. The molecule has 0 aromatic carbocycles. The van der Waals surface area contributed by atoms with Gasteiger partial charge in [0, 0.05) is 27.3 Å². The fourth-order valence-corrected chi connectivity index (χ4v) is 3.21. The third-order valence-corrected chi connectivity index (χ3v) is 3.58. The van der Waals surface area contributed by atoms with Crippen molar-refractivity contribution in [3.8, 4) is 0 Å². The molecule has 2 rings (SSSR count). The van der Waals surface area contributed by atoms with Gasteiger partial charge in [-0.05, 0) is 0 Å². The molecule has 0 aliphatic carbocycles. The number of thiophene rings is 1. The summed E-state index contributed by atoms with van der Waals surface area (Å²) >= 11 is 3.34. The largest absolute Gasteiger partial charge is 0.206 e. The quantitative estimate of drug-likeness (QED) is 0.562. The molecule has 2 heterocycles. The van der Waals surface area contributed by atoms with Gasteiger partial charge in [-0.2, -0.15) is 11.8 Å². The molecule has 0 nitrogen and oxygen atoms in total. The first-order valence-electron chi connectivity index (χ1n) is 2.70. The first-order chi connectivity index (χ1) is 4.38. The number of hydrogen-bond acceptors (Lipinski definition) is 2. The number of fused-ring (bicyclic) bond motifs is 1. The van der Waals surface area contributed by atoms with Crippen LogP contribution in [0.2, 0.25) is 0 Å². The highest BCUT2D eigenvalue weighted by Crippen LogP contribution is 2.35. The van der Waals surface area contributed by atoms with E-state index in [4.69, 9.17) is 0 Å². The molecule has 0 saturated carbocycles. The molecule has 9 heavy (non-hydrogen) atoms. The molecule has 0 spiro atoms. The Bertz CT molecular complexity index is 229. The second-order valence-electron chi connectivity index (χ2n) is 1.98. The van der Waals surface area contributed by atoms with Crippen LogP contribution in [0.3, 0.4) is 0 Å². The first kappa shape index (κ1) is 5.74. The molecular weight excluding hydrogens is 155 g/mol. The first-order valence-corrected chi connectivity index (χ1v) is 4.74. The second kappa shape index (κ2) is 1.99. The minimum Gasteiger partial charge on any atom is -0.206 e. The molecule has 0 radical (unpaired) electrons. The smallest absolute Gasteiger partial charge is 0.138 e. The summed E-state index contributed by atoms with van der Waals surface area (Å²) in [7, 11) is 0. The number of halogens is 1. The maximum Gasteiger partial charge on any atom is 0.138 e. The van der Waals surface area contributed by atoms with Crippen LogP contribution < -0.4 is 0 Å². The van der Waals surface area contributed by atoms with E-state index < -0.39 is 0 Å². The average molecular weight is 160 g/mol. The second-order valence-corrected chi connectivity index (χ2v) is 3.93. The molecule has 1 aliphatic rings. The van der Waals surface area contributed by atoms with Crippen molar-refractivity contribution in [2.45, 2.75) is 11.5 Å². The van der Waals surface area contributed by atoms with Crippen LogP contribution >= 0.6 is 23.1 Å². The standard InChI is InChI=1S/C6H5FS2/c7-5-2-9-6-3-8-1-4(5)6/h2H,1,3H2. The monoisotopic (exact) mass is 160 g/mol. The van der Waals surface area contributed by atoms with Crippen molar-refractivity contribution in [3.63, 3.8) is 0 Å². The van der Waals surface area contributed by atoms with Gasteiger partial charge in [0.2, 0.25) is 0 Å². The molecule has 1 aromatic rings. The molecule has 3 heteroatoms. The van der Waals surface area contributed by atoms with Crippen LogP contribution in [0, 0.1) is 5.82 Å². The highest BCUT2D eigenvalue weighted by atomic mass is 32.2. The van der Waals surface area contributed by atoms with Crippen LogP contribution in [0.1, 0.15) is 10.4 Å². The zero-order valence-corrected chi connectivity index (χ0v) is 6.32. The highest BCUT2D eigenvalue weighted by Gasteiger charge is 2.16. The number of thioether (sulfide) groups is 1. The Labute approximate surface area is 61.1 Å². The average Bonchev–Trinajstić information content (AvgIpc) is 2.35. The molecule has 0 fully saturated rings. The van der Waals surface area contributed by atoms with Crippen molar-refractivity contribution >= 4 is 23.1 Å². The fourth-order valence-electron chi connectivity index (χ4n) is 0.915. The molecule has 0 bridgehead atoms. The van der Waals surface area contributed by atoms with Gasteiger partial charge in [-0.25, -0.2) is 4.39 Å². The lowest BCUT2D eigenvalue weighted by Crippen LogP contribution is -1.75. The third kappa shape index (κ3) is 0.792. The molecule has 0 unspecified atom stereocenters. The summed E-state index contributed by atoms with van der Waals surface area (Å²) in [6.45, 7) is 0. The molecule has 0 N–H and O–H groups in total. The van der Waals surface area contributed by atoms with Crippen molar-refractivity contribution in [2.75, 3.05) is 0 Å². The molecule has 1 aromatic heterocycles. The van der Waals surface area contributed by atoms with E-state index >= 15 is 0 Å². The van der Waals surface area contributed by atoms with Gasteiger partial charge in [-0.1, -0.05) is 0 Å². The summed E-state index contributed by atoms with van der Waals surface area (Å²) in [6, 6.07) is 0. The van der Waals surface area contributed by atoms with Gasteiger partial charge in [-0.3, -0.25) is 0 Å². The maximum atomic E-state index is 12.6. The van der Waals surface area contributed by atoms with Crippen LogP contribution in [0.4, 0.5) is 4.39 Å². The van der Waals surface area contributed by atoms with Gasteiger partial charge in [0.05, 0.1) is 0 Å². The fraction of sp³-hybridized carbons (Fsp3) is 0.333. The molecular formula is C6H5FS2. The highest BCUT2D eigenvalue weighted by molar-refractivity contribution is 7.98. The topological polar surface area (TPSA) is 0 Å². The van der Waals surface area contributed by atoms with E-state index in [9.17, 15) is 4.39 Å². The summed E-state index contributed by atoms with van der Waals surface area (Å²) in [5.41, 5.74) is 0.949. The van der Waals surface area contributed by atoms with Gasteiger partial charge in [0.15, 0.2) is 0 Å². The van der Waals surface area contributed by atoms with Gasteiger partial charge in [-0.15, -0.1) is 11.3 Å². The summed E-state index contributed by atoms with van der Waals surface area (Å²) in [4.78, 5) is 1.23. The molecule has 0 saturated heterocycles. The zero-order valence-electron chi connectivity index (χ0n) is 4.69. The van der Waals surface area contributed by atoms with Crippen LogP contribution in [0.5, 0.6) is 0 Å². The van der Waals surface area contributed by atoms with E-state index in [0.29, 0.717) is 0 Å². The van der Waals surface area contributed by atoms with Gasteiger partial charge in [0.25, 0.3) is 0 Å².